The second-order valence-electron chi connectivity index (χ2n) is 8.85. The highest BCUT2D eigenvalue weighted by atomic mass is 32.1. The Morgan fingerprint density at radius 2 is 1.91 bits per heavy atom. The van der Waals surface area contributed by atoms with E-state index < -0.39 is 5.97 Å². The quantitative estimate of drug-likeness (QED) is 0.361. The van der Waals surface area contributed by atoms with Crippen molar-refractivity contribution in [3.05, 3.63) is 87.1 Å². The predicted molar refractivity (Wildman–Crippen MR) is 136 cm³/mol. The van der Waals surface area contributed by atoms with Gasteiger partial charge < -0.3 is 9.84 Å². The molecule has 0 amide bonds. The van der Waals surface area contributed by atoms with Crippen LogP contribution in [-0.4, -0.2) is 35.7 Å². The zero-order valence-electron chi connectivity index (χ0n) is 19.3. The van der Waals surface area contributed by atoms with Gasteiger partial charge in [-0.2, -0.15) is 11.3 Å². The summed E-state index contributed by atoms with van der Waals surface area (Å²) in [7, 11) is 0. The van der Waals surface area contributed by atoms with Gasteiger partial charge in [0.2, 0.25) is 0 Å². The Morgan fingerprint density at radius 1 is 1.12 bits per heavy atom. The third-order valence-electron chi connectivity index (χ3n) is 6.26. The zero-order chi connectivity index (χ0) is 23.2. The Balaban J connectivity index is 1.28. The molecule has 0 bridgehead atoms. The molecule has 1 saturated heterocycles. The van der Waals surface area contributed by atoms with Gasteiger partial charge >= 0.3 is 5.97 Å². The van der Waals surface area contributed by atoms with Gasteiger partial charge in [0, 0.05) is 19.6 Å². The van der Waals surface area contributed by atoms with E-state index in [4.69, 9.17) is 9.84 Å². The van der Waals surface area contributed by atoms with Crippen LogP contribution >= 0.6 is 11.3 Å². The number of nitrogens with zero attached hydrogens (tertiary/aromatic N) is 1. The maximum atomic E-state index is 10.9. The van der Waals surface area contributed by atoms with Crippen molar-refractivity contribution in [3.8, 4) is 5.75 Å². The molecule has 1 aliphatic heterocycles. The van der Waals surface area contributed by atoms with Crippen molar-refractivity contribution in [3.63, 3.8) is 0 Å². The highest BCUT2D eigenvalue weighted by Gasteiger charge is 2.32. The number of aryl methyl sites for hydroxylation is 2. The lowest BCUT2D eigenvalue weighted by atomic mass is 9.99. The van der Waals surface area contributed by atoms with Crippen molar-refractivity contribution < 1.29 is 14.6 Å². The number of ether oxygens (including phenoxy) is 1. The van der Waals surface area contributed by atoms with Crippen molar-refractivity contribution in [1.29, 1.82) is 0 Å². The number of benzene rings is 2. The van der Waals surface area contributed by atoms with E-state index in [1.165, 1.54) is 33.4 Å². The highest BCUT2D eigenvalue weighted by Crippen LogP contribution is 2.26. The van der Waals surface area contributed by atoms with Gasteiger partial charge in [0.25, 0.3) is 0 Å². The first-order valence-electron chi connectivity index (χ1n) is 11.5. The molecule has 0 radical (unpaired) electrons. The average Bonchev–Trinajstić information content (AvgIpc) is 3.30. The number of carbonyl (C=O) groups is 1. The van der Waals surface area contributed by atoms with Crippen molar-refractivity contribution in [1.82, 2.24) is 4.90 Å². The molecule has 2 heterocycles. The van der Waals surface area contributed by atoms with Gasteiger partial charge in [-0.25, -0.2) is 0 Å². The van der Waals surface area contributed by atoms with Crippen LogP contribution in [0.3, 0.4) is 0 Å². The summed E-state index contributed by atoms with van der Waals surface area (Å²) in [4.78, 5) is 13.1. The third-order valence-corrected chi connectivity index (χ3v) is 6.94. The number of carboxylic acids is 1. The van der Waals surface area contributed by atoms with E-state index in [1.54, 1.807) is 11.3 Å². The molecule has 0 atom stereocenters. The lowest BCUT2D eigenvalue weighted by Crippen LogP contribution is -2.49. The lowest BCUT2D eigenvalue weighted by Gasteiger charge is -2.36. The van der Waals surface area contributed by atoms with E-state index in [-0.39, 0.29) is 5.92 Å². The van der Waals surface area contributed by atoms with Crippen molar-refractivity contribution >= 4 is 29.0 Å². The average molecular weight is 462 g/mol. The summed E-state index contributed by atoms with van der Waals surface area (Å²) in [6, 6.07) is 17.0. The fraction of sp³-hybridized carbons (Fsp3) is 0.321. The van der Waals surface area contributed by atoms with E-state index in [0.717, 1.165) is 25.1 Å². The van der Waals surface area contributed by atoms with E-state index in [2.05, 4.69) is 72.0 Å². The first-order chi connectivity index (χ1) is 16.0. The molecule has 1 N–H and O–H groups in total. The van der Waals surface area contributed by atoms with Crippen LogP contribution < -0.4 is 4.74 Å². The predicted octanol–water partition coefficient (Wildman–Crippen LogP) is 6.28. The van der Waals surface area contributed by atoms with Gasteiger partial charge in [-0.3, -0.25) is 9.69 Å². The molecule has 2 aromatic carbocycles. The van der Waals surface area contributed by atoms with Gasteiger partial charge in [-0.15, -0.1) is 0 Å². The fourth-order valence-electron chi connectivity index (χ4n) is 4.06. The molecule has 0 saturated carbocycles. The molecule has 5 heteroatoms. The van der Waals surface area contributed by atoms with Gasteiger partial charge in [-0.1, -0.05) is 36.4 Å². The summed E-state index contributed by atoms with van der Waals surface area (Å²) in [5.41, 5.74) is 7.69. The van der Waals surface area contributed by atoms with Crippen LogP contribution in [0.2, 0.25) is 0 Å². The van der Waals surface area contributed by atoms with Crippen LogP contribution in [0, 0.1) is 19.8 Å². The molecular weight excluding hydrogens is 430 g/mol. The standard InChI is InChI=1S/C28H31NO3S/c1-20-5-6-23(14-21(20)2)15-24(25-11-13-33-19-25)4-3-12-32-27-9-7-22(8-10-27)16-29-17-26(18-29)28(30)31/h5-11,13-15,19,26H,3-4,12,16-18H2,1-2H3,(H,30,31)/b24-15-. The molecule has 4 rings (SSSR count). The number of hydrogen-bond donors (Lipinski definition) is 1. The molecule has 0 unspecified atom stereocenters. The number of thiophene rings is 1. The minimum Gasteiger partial charge on any atom is -0.494 e. The van der Waals surface area contributed by atoms with Crippen molar-refractivity contribution in [2.75, 3.05) is 19.7 Å². The van der Waals surface area contributed by atoms with Gasteiger partial charge in [0.1, 0.15) is 5.75 Å². The molecule has 0 spiro atoms. The van der Waals surface area contributed by atoms with Gasteiger partial charge in [-0.05, 0) is 89.0 Å². The van der Waals surface area contributed by atoms with E-state index >= 15 is 0 Å². The molecular formula is C28H31NO3S. The minimum atomic E-state index is -0.694. The summed E-state index contributed by atoms with van der Waals surface area (Å²) in [6.07, 6.45) is 4.20. The maximum Gasteiger partial charge on any atom is 0.309 e. The third kappa shape index (κ3) is 6.34. The van der Waals surface area contributed by atoms with E-state index in [1.807, 2.05) is 12.1 Å². The normalized spacial score (nSPS) is 14.8. The molecule has 33 heavy (non-hydrogen) atoms. The highest BCUT2D eigenvalue weighted by molar-refractivity contribution is 7.08. The Labute approximate surface area is 200 Å². The molecule has 172 valence electrons. The second-order valence-corrected chi connectivity index (χ2v) is 9.63. The smallest absolute Gasteiger partial charge is 0.309 e. The summed E-state index contributed by atoms with van der Waals surface area (Å²) < 4.78 is 5.99. The number of allylic oxidation sites excluding steroid dienone is 1. The van der Waals surface area contributed by atoms with Crippen LogP contribution in [0.1, 0.15) is 40.7 Å². The number of hydrogen-bond acceptors (Lipinski definition) is 4. The Morgan fingerprint density at radius 3 is 2.58 bits per heavy atom. The van der Waals surface area contributed by atoms with Crippen LogP contribution in [0.25, 0.3) is 11.6 Å². The van der Waals surface area contributed by atoms with Gasteiger partial charge in [0.05, 0.1) is 12.5 Å². The fourth-order valence-corrected chi connectivity index (χ4v) is 4.74. The monoisotopic (exact) mass is 461 g/mol. The number of aliphatic carboxylic acids is 1. The van der Waals surface area contributed by atoms with Crippen LogP contribution in [0.15, 0.2) is 59.3 Å². The molecule has 3 aromatic rings. The SMILES string of the molecule is Cc1ccc(/C=C(/CCCOc2ccc(CN3CC(C(=O)O)C3)cc2)c2ccsc2)cc1C. The van der Waals surface area contributed by atoms with Crippen LogP contribution in [-0.2, 0) is 11.3 Å². The van der Waals surface area contributed by atoms with E-state index in [9.17, 15) is 4.79 Å². The van der Waals surface area contributed by atoms with Crippen LogP contribution in [0.5, 0.6) is 5.75 Å². The first kappa shape index (κ1) is 23.3. The lowest BCUT2D eigenvalue weighted by molar-refractivity contribution is -0.147. The van der Waals surface area contributed by atoms with Crippen molar-refractivity contribution in [2.24, 2.45) is 5.92 Å². The molecule has 1 fully saturated rings. The summed E-state index contributed by atoms with van der Waals surface area (Å²) >= 11 is 1.73. The maximum absolute atomic E-state index is 10.9. The van der Waals surface area contributed by atoms with Gasteiger partial charge in [0.15, 0.2) is 0 Å². The Hall–Kier alpha value is -2.89. The van der Waals surface area contributed by atoms with Crippen molar-refractivity contribution in [2.45, 2.75) is 33.2 Å². The number of carboxylic acid groups (broad SMARTS) is 1. The topological polar surface area (TPSA) is 49.8 Å². The summed E-state index contributed by atoms with van der Waals surface area (Å²) in [5, 5.41) is 13.3. The molecule has 0 aliphatic carbocycles. The summed E-state index contributed by atoms with van der Waals surface area (Å²) in [6.45, 7) is 7.03. The Bertz CT molecular complexity index is 1100. The first-order valence-corrected chi connectivity index (χ1v) is 12.4. The number of likely N-dealkylation sites (tertiary alicyclic amines) is 1. The van der Waals surface area contributed by atoms with E-state index in [0.29, 0.717) is 19.7 Å². The summed E-state index contributed by atoms with van der Waals surface area (Å²) in [5.74, 6) is -0.0300. The zero-order valence-corrected chi connectivity index (χ0v) is 20.1. The second kappa shape index (κ2) is 10.8. The largest absolute Gasteiger partial charge is 0.494 e. The Kier molecular flexibility index (Phi) is 7.63. The minimum absolute atomic E-state index is 0.212. The molecule has 1 aromatic heterocycles. The molecule has 1 aliphatic rings. The number of rotatable bonds is 10. The molecule has 4 nitrogen and oxygen atoms in total. The van der Waals surface area contributed by atoms with Crippen LogP contribution in [0.4, 0.5) is 0 Å².